The van der Waals surface area contributed by atoms with Crippen molar-refractivity contribution < 1.29 is 18.0 Å². The number of amides is 1. The van der Waals surface area contributed by atoms with Gasteiger partial charge in [-0.2, -0.15) is 18.3 Å². The summed E-state index contributed by atoms with van der Waals surface area (Å²) >= 11 is 0. The lowest BCUT2D eigenvalue weighted by molar-refractivity contribution is -0.142. The first kappa shape index (κ1) is 18.2. The van der Waals surface area contributed by atoms with E-state index in [1.165, 1.54) is 4.68 Å². The van der Waals surface area contributed by atoms with Crippen LogP contribution in [0.3, 0.4) is 0 Å². The van der Waals surface area contributed by atoms with Gasteiger partial charge in [0.25, 0.3) is 5.91 Å². The molecule has 3 rings (SSSR count). The molecule has 0 bridgehead atoms. The van der Waals surface area contributed by atoms with E-state index in [9.17, 15) is 18.0 Å². The fourth-order valence-corrected chi connectivity index (χ4v) is 3.92. The highest BCUT2D eigenvalue weighted by Gasteiger charge is 2.42. The molecule has 25 heavy (non-hydrogen) atoms. The van der Waals surface area contributed by atoms with E-state index >= 15 is 0 Å². The van der Waals surface area contributed by atoms with Gasteiger partial charge in [0.1, 0.15) is 0 Å². The maximum absolute atomic E-state index is 13.6. The van der Waals surface area contributed by atoms with E-state index in [1.807, 2.05) is 7.05 Å². The maximum atomic E-state index is 13.6. The Bertz CT molecular complexity index is 635. The van der Waals surface area contributed by atoms with Gasteiger partial charge in [-0.05, 0) is 52.6 Å². The summed E-state index contributed by atoms with van der Waals surface area (Å²) in [7, 11) is 1.95. The third-order valence-corrected chi connectivity index (χ3v) is 5.22. The second kappa shape index (κ2) is 6.97. The summed E-state index contributed by atoms with van der Waals surface area (Å²) in [6.45, 7) is 4.22. The van der Waals surface area contributed by atoms with Crippen LogP contribution in [0.15, 0.2) is 0 Å². The molecular formula is C17H25F3N4O. The number of aromatic nitrogens is 2. The molecule has 2 aliphatic rings. The van der Waals surface area contributed by atoms with Crippen molar-refractivity contribution in [2.45, 2.75) is 51.2 Å². The summed E-state index contributed by atoms with van der Waals surface area (Å²) in [5.41, 5.74) is -0.959. The first-order chi connectivity index (χ1) is 11.8. The molecular weight excluding hydrogens is 333 g/mol. The molecule has 3 heterocycles. The Labute approximate surface area is 145 Å². The molecule has 1 aromatic heterocycles. The van der Waals surface area contributed by atoms with Crippen LogP contribution in [0.2, 0.25) is 0 Å². The third kappa shape index (κ3) is 3.68. The normalized spacial score (nSPS) is 23.1. The Morgan fingerprint density at radius 2 is 1.80 bits per heavy atom. The van der Waals surface area contributed by atoms with Crippen molar-refractivity contribution in [1.29, 1.82) is 0 Å². The number of likely N-dealkylation sites (tertiary alicyclic amines) is 2. The van der Waals surface area contributed by atoms with Crippen LogP contribution in [0.25, 0.3) is 0 Å². The maximum Gasteiger partial charge on any atom is 0.435 e. The molecule has 2 fully saturated rings. The van der Waals surface area contributed by atoms with Crippen LogP contribution in [0.1, 0.15) is 59.9 Å². The van der Waals surface area contributed by atoms with E-state index < -0.39 is 17.8 Å². The molecule has 0 saturated carbocycles. The minimum atomic E-state index is -4.63. The van der Waals surface area contributed by atoms with Crippen LogP contribution >= 0.6 is 0 Å². The van der Waals surface area contributed by atoms with Gasteiger partial charge in [0.2, 0.25) is 0 Å². The van der Waals surface area contributed by atoms with E-state index in [0.717, 1.165) is 38.6 Å². The summed E-state index contributed by atoms with van der Waals surface area (Å²) < 4.78 is 42.1. The van der Waals surface area contributed by atoms with Crippen LogP contribution in [-0.4, -0.2) is 58.7 Å². The first-order valence-electron chi connectivity index (χ1n) is 8.93. The number of nitrogens with zero attached hydrogens (tertiary/aromatic N) is 4. The van der Waals surface area contributed by atoms with Gasteiger partial charge in [-0.1, -0.05) is 0 Å². The van der Waals surface area contributed by atoms with Crippen molar-refractivity contribution in [3.05, 3.63) is 17.0 Å². The van der Waals surface area contributed by atoms with Crippen molar-refractivity contribution in [2.24, 2.45) is 0 Å². The zero-order valence-electron chi connectivity index (χ0n) is 14.8. The number of hydrogen-bond donors (Lipinski definition) is 0. The lowest BCUT2D eigenvalue weighted by Crippen LogP contribution is -2.37. The van der Waals surface area contributed by atoms with Crippen molar-refractivity contribution in [1.82, 2.24) is 19.6 Å². The molecule has 0 aromatic carbocycles. The van der Waals surface area contributed by atoms with Gasteiger partial charge in [0.05, 0.1) is 11.6 Å². The van der Waals surface area contributed by atoms with Gasteiger partial charge >= 0.3 is 6.18 Å². The van der Waals surface area contributed by atoms with E-state index in [1.54, 1.807) is 11.8 Å². The van der Waals surface area contributed by atoms with Gasteiger partial charge in [-0.3, -0.25) is 9.48 Å². The SMILES string of the molecule is Cc1c(C(=O)N2CCCCC2)c(C(F)(F)F)nn1[C@H]1CCCN(C)C1. The number of likely N-dealkylation sites (N-methyl/N-ethyl adjacent to an activating group) is 1. The first-order valence-corrected chi connectivity index (χ1v) is 8.93. The Balaban J connectivity index is 1.99. The zero-order chi connectivity index (χ0) is 18.2. The fraction of sp³-hybridized carbons (Fsp3) is 0.765. The van der Waals surface area contributed by atoms with E-state index in [0.29, 0.717) is 25.3 Å². The number of piperidine rings is 2. The van der Waals surface area contributed by atoms with Gasteiger partial charge in [-0.15, -0.1) is 0 Å². The Morgan fingerprint density at radius 3 is 2.40 bits per heavy atom. The smallest absolute Gasteiger partial charge is 0.339 e. The Kier molecular flexibility index (Phi) is 5.09. The average molecular weight is 358 g/mol. The predicted octanol–water partition coefficient (Wildman–Crippen LogP) is 3.10. The van der Waals surface area contributed by atoms with E-state index in [4.69, 9.17) is 0 Å². The number of halogens is 3. The van der Waals surface area contributed by atoms with Gasteiger partial charge in [-0.25, -0.2) is 0 Å². The minimum Gasteiger partial charge on any atom is -0.339 e. The molecule has 8 heteroatoms. The minimum absolute atomic E-state index is 0.122. The Hall–Kier alpha value is -1.57. The van der Waals surface area contributed by atoms with Crippen LogP contribution in [-0.2, 0) is 6.18 Å². The molecule has 1 amide bonds. The lowest BCUT2D eigenvalue weighted by Gasteiger charge is -2.30. The van der Waals surface area contributed by atoms with Gasteiger partial charge in [0.15, 0.2) is 5.69 Å². The molecule has 1 aromatic rings. The topological polar surface area (TPSA) is 41.4 Å². The molecule has 2 saturated heterocycles. The Morgan fingerprint density at radius 1 is 1.12 bits per heavy atom. The van der Waals surface area contributed by atoms with Crippen molar-refractivity contribution in [2.75, 3.05) is 33.2 Å². The number of alkyl halides is 3. The fourth-order valence-electron chi connectivity index (χ4n) is 3.92. The third-order valence-electron chi connectivity index (χ3n) is 5.22. The second-order valence-electron chi connectivity index (χ2n) is 7.16. The number of hydrogen-bond acceptors (Lipinski definition) is 3. The molecule has 140 valence electrons. The van der Waals surface area contributed by atoms with Crippen LogP contribution in [0.4, 0.5) is 13.2 Å². The lowest BCUT2D eigenvalue weighted by atomic mass is 10.0. The molecule has 1 atom stereocenters. The zero-order valence-corrected chi connectivity index (χ0v) is 14.8. The summed E-state index contributed by atoms with van der Waals surface area (Å²) in [5.74, 6) is -0.528. The molecule has 0 N–H and O–H groups in total. The largest absolute Gasteiger partial charge is 0.435 e. The summed E-state index contributed by atoms with van der Waals surface area (Å²) in [6, 6.07) is -0.122. The van der Waals surface area contributed by atoms with E-state index in [2.05, 4.69) is 10.00 Å². The predicted molar refractivity (Wildman–Crippen MR) is 87.5 cm³/mol. The molecule has 0 aliphatic carbocycles. The summed E-state index contributed by atoms with van der Waals surface area (Å²) in [5, 5.41) is 3.87. The highest BCUT2D eigenvalue weighted by atomic mass is 19.4. The van der Waals surface area contributed by atoms with Crippen LogP contribution < -0.4 is 0 Å². The van der Waals surface area contributed by atoms with Crippen molar-refractivity contribution in [3.63, 3.8) is 0 Å². The second-order valence-corrected chi connectivity index (χ2v) is 7.16. The van der Waals surface area contributed by atoms with E-state index in [-0.39, 0.29) is 11.6 Å². The van der Waals surface area contributed by atoms with Crippen molar-refractivity contribution >= 4 is 5.91 Å². The summed E-state index contributed by atoms with van der Waals surface area (Å²) in [6.07, 6.45) is -0.236. The molecule has 5 nitrogen and oxygen atoms in total. The molecule has 2 aliphatic heterocycles. The number of carbonyl (C=O) groups excluding carboxylic acids is 1. The number of carbonyl (C=O) groups is 1. The van der Waals surface area contributed by atoms with Gasteiger partial charge in [0, 0.05) is 25.3 Å². The highest BCUT2D eigenvalue weighted by molar-refractivity contribution is 5.96. The molecule has 0 unspecified atom stereocenters. The quantitative estimate of drug-likeness (QED) is 0.816. The van der Waals surface area contributed by atoms with Crippen molar-refractivity contribution in [3.8, 4) is 0 Å². The van der Waals surface area contributed by atoms with Gasteiger partial charge < -0.3 is 9.80 Å². The number of rotatable bonds is 2. The van der Waals surface area contributed by atoms with Crippen LogP contribution in [0, 0.1) is 6.92 Å². The summed E-state index contributed by atoms with van der Waals surface area (Å²) in [4.78, 5) is 16.4. The molecule has 0 spiro atoms. The van der Waals surface area contributed by atoms with Crippen LogP contribution in [0.5, 0.6) is 0 Å². The molecule has 0 radical (unpaired) electrons. The average Bonchev–Trinajstić information content (AvgIpc) is 2.92. The standard InChI is InChI=1S/C17H25F3N4O/c1-12-14(16(25)23-9-4-3-5-10-23)15(17(18,19)20)21-24(12)13-7-6-8-22(2)11-13/h13H,3-11H2,1-2H3/t13-/m0/s1. The monoisotopic (exact) mass is 358 g/mol. The highest BCUT2D eigenvalue weighted by Crippen LogP contribution is 2.35.